The standard InChI is InChI=1S/C6H13NO4S/c7-5(6(10)11)4(12)1-3(9)2-8/h3-5,8-9,12H,1-2,7H2,(H,10,11). The molecule has 0 radical (unpaired) electrons. The van der Waals surface area contributed by atoms with Crippen LogP contribution >= 0.6 is 12.6 Å². The number of carbonyl (C=O) groups is 1. The van der Waals surface area contributed by atoms with Crippen LogP contribution in [0.5, 0.6) is 0 Å². The summed E-state index contributed by atoms with van der Waals surface area (Å²) in [6.07, 6.45) is -0.898. The van der Waals surface area contributed by atoms with Gasteiger partial charge in [0.05, 0.1) is 12.7 Å². The van der Waals surface area contributed by atoms with Gasteiger partial charge in [-0.2, -0.15) is 12.6 Å². The maximum atomic E-state index is 10.3. The molecule has 72 valence electrons. The lowest BCUT2D eigenvalue weighted by atomic mass is 10.1. The molecule has 3 atom stereocenters. The number of hydrogen-bond donors (Lipinski definition) is 5. The monoisotopic (exact) mass is 195 g/mol. The molecule has 0 aliphatic carbocycles. The molecule has 12 heavy (non-hydrogen) atoms. The SMILES string of the molecule is NC(C(=O)O)C(S)CC(O)CO. The molecular weight excluding hydrogens is 182 g/mol. The van der Waals surface area contributed by atoms with Crippen molar-refractivity contribution in [3.8, 4) is 0 Å². The second-order valence-corrected chi connectivity index (χ2v) is 3.17. The van der Waals surface area contributed by atoms with Gasteiger partial charge in [0.25, 0.3) is 0 Å². The Morgan fingerprint density at radius 2 is 2.08 bits per heavy atom. The zero-order chi connectivity index (χ0) is 9.72. The van der Waals surface area contributed by atoms with Crippen LogP contribution in [0.1, 0.15) is 6.42 Å². The minimum absolute atomic E-state index is 0.0626. The second kappa shape index (κ2) is 5.36. The molecular formula is C6H13NO4S. The number of aliphatic carboxylic acids is 1. The highest BCUT2D eigenvalue weighted by atomic mass is 32.1. The first-order valence-electron chi connectivity index (χ1n) is 3.44. The van der Waals surface area contributed by atoms with Gasteiger partial charge in [0, 0.05) is 5.25 Å². The van der Waals surface area contributed by atoms with Gasteiger partial charge in [0.1, 0.15) is 6.04 Å². The van der Waals surface area contributed by atoms with Crippen molar-refractivity contribution < 1.29 is 20.1 Å². The third-order valence-electron chi connectivity index (χ3n) is 1.42. The van der Waals surface area contributed by atoms with E-state index < -0.39 is 30.0 Å². The molecule has 0 aromatic heterocycles. The number of aliphatic hydroxyl groups excluding tert-OH is 2. The fraction of sp³-hybridized carbons (Fsp3) is 0.833. The topological polar surface area (TPSA) is 104 Å². The van der Waals surface area contributed by atoms with Crippen LogP contribution in [-0.4, -0.2) is 45.3 Å². The predicted octanol–water partition coefficient (Wildman–Crippen LogP) is -1.56. The summed E-state index contributed by atoms with van der Waals surface area (Å²) in [7, 11) is 0. The fourth-order valence-corrected chi connectivity index (χ4v) is 1.04. The Labute approximate surface area is 75.6 Å². The number of hydrogen-bond acceptors (Lipinski definition) is 5. The van der Waals surface area contributed by atoms with Crippen molar-refractivity contribution >= 4 is 18.6 Å². The molecule has 3 unspecified atom stereocenters. The van der Waals surface area contributed by atoms with Crippen LogP contribution in [0.25, 0.3) is 0 Å². The average molecular weight is 195 g/mol. The molecule has 0 aliphatic heterocycles. The Kier molecular flexibility index (Phi) is 5.23. The summed E-state index contributed by atoms with van der Waals surface area (Å²) < 4.78 is 0. The van der Waals surface area contributed by atoms with Gasteiger partial charge in [-0.25, -0.2) is 0 Å². The van der Waals surface area contributed by atoms with Gasteiger partial charge in [-0.3, -0.25) is 4.79 Å². The van der Waals surface area contributed by atoms with Gasteiger partial charge >= 0.3 is 5.97 Å². The van der Waals surface area contributed by atoms with E-state index in [0.29, 0.717) is 0 Å². The number of thiol groups is 1. The Morgan fingerprint density at radius 1 is 1.58 bits per heavy atom. The van der Waals surface area contributed by atoms with E-state index in [1.165, 1.54) is 0 Å². The molecule has 0 rings (SSSR count). The van der Waals surface area contributed by atoms with Gasteiger partial charge in [0.2, 0.25) is 0 Å². The highest BCUT2D eigenvalue weighted by Crippen LogP contribution is 2.08. The van der Waals surface area contributed by atoms with Crippen molar-refractivity contribution in [3.63, 3.8) is 0 Å². The third kappa shape index (κ3) is 3.91. The normalized spacial score (nSPS) is 18.3. The van der Waals surface area contributed by atoms with Crippen LogP contribution in [0, 0.1) is 0 Å². The van der Waals surface area contributed by atoms with E-state index in [0.717, 1.165) is 0 Å². The first-order chi connectivity index (χ1) is 5.49. The van der Waals surface area contributed by atoms with Crippen LogP contribution in [0.15, 0.2) is 0 Å². The molecule has 0 aromatic carbocycles. The third-order valence-corrected chi connectivity index (χ3v) is 1.96. The Hall–Kier alpha value is -0.300. The van der Waals surface area contributed by atoms with Crippen molar-refractivity contribution in [2.24, 2.45) is 5.73 Å². The highest BCUT2D eigenvalue weighted by molar-refractivity contribution is 7.81. The predicted molar refractivity (Wildman–Crippen MR) is 46.1 cm³/mol. The number of carboxylic acids is 1. The minimum Gasteiger partial charge on any atom is -0.480 e. The zero-order valence-corrected chi connectivity index (χ0v) is 7.32. The number of nitrogens with two attached hydrogens (primary N) is 1. The molecule has 0 fully saturated rings. The molecule has 0 bridgehead atoms. The quantitative estimate of drug-likeness (QED) is 0.341. The first-order valence-corrected chi connectivity index (χ1v) is 3.96. The summed E-state index contributed by atoms with van der Waals surface area (Å²) >= 11 is 3.88. The number of aliphatic hydroxyl groups is 2. The summed E-state index contributed by atoms with van der Waals surface area (Å²) in [6.45, 7) is -0.413. The van der Waals surface area contributed by atoms with Crippen LogP contribution in [0.2, 0.25) is 0 Å². The lowest BCUT2D eigenvalue weighted by Crippen LogP contribution is -2.40. The first kappa shape index (κ1) is 11.7. The minimum atomic E-state index is -1.17. The zero-order valence-electron chi connectivity index (χ0n) is 6.42. The van der Waals surface area contributed by atoms with Crippen molar-refractivity contribution in [3.05, 3.63) is 0 Å². The number of carboxylic acid groups (broad SMARTS) is 1. The van der Waals surface area contributed by atoms with Crippen molar-refractivity contribution in [2.45, 2.75) is 23.8 Å². The molecule has 0 saturated heterocycles. The maximum Gasteiger partial charge on any atom is 0.321 e. The molecule has 6 heteroatoms. The highest BCUT2D eigenvalue weighted by Gasteiger charge is 2.22. The Balaban J connectivity index is 3.86. The summed E-state index contributed by atoms with van der Waals surface area (Å²) in [5, 5.41) is 25.1. The molecule has 0 amide bonds. The van der Waals surface area contributed by atoms with E-state index in [9.17, 15) is 4.79 Å². The van der Waals surface area contributed by atoms with Crippen molar-refractivity contribution in [2.75, 3.05) is 6.61 Å². The molecule has 0 spiro atoms. The van der Waals surface area contributed by atoms with E-state index in [1.54, 1.807) is 0 Å². The van der Waals surface area contributed by atoms with Crippen molar-refractivity contribution in [1.82, 2.24) is 0 Å². The second-order valence-electron chi connectivity index (χ2n) is 2.50. The lowest BCUT2D eigenvalue weighted by molar-refractivity contribution is -0.138. The molecule has 0 aliphatic rings. The molecule has 0 aromatic rings. The van der Waals surface area contributed by atoms with E-state index >= 15 is 0 Å². The van der Waals surface area contributed by atoms with Gasteiger partial charge in [0.15, 0.2) is 0 Å². The lowest BCUT2D eigenvalue weighted by Gasteiger charge is -2.17. The van der Waals surface area contributed by atoms with Gasteiger partial charge < -0.3 is 21.1 Å². The van der Waals surface area contributed by atoms with E-state index in [4.69, 9.17) is 21.1 Å². The van der Waals surface area contributed by atoms with Crippen LogP contribution in [0.3, 0.4) is 0 Å². The average Bonchev–Trinajstić information content (AvgIpc) is 2.02. The maximum absolute atomic E-state index is 10.3. The van der Waals surface area contributed by atoms with E-state index in [-0.39, 0.29) is 6.42 Å². The Bertz CT molecular complexity index is 154. The summed E-state index contributed by atoms with van der Waals surface area (Å²) in [4.78, 5) is 10.3. The fourth-order valence-electron chi connectivity index (χ4n) is 0.664. The Morgan fingerprint density at radius 3 is 2.42 bits per heavy atom. The van der Waals surface area contributed by atoms with Gasteiger partial charge in [-0.05, 0) is 6.42 Å². The molecule has 5 N–H and O–H groups in total. The number of rotatable bonds is 5. The van der Waals surface area contributed by atoms with Crippen LogP contribution in [-0.2, 0) is 4.79 Å². The molecule has 5 nitrogen and oxygen atoms in total. The summed E-state index contributed by atoms with van der Waals surface area (Å²) in [5.41, 5.74) is 5.19. The molecule has 0 saturated carbocycles. The largest absolute Gasteiger partial charge is 0.480 e. The van der Waals surface area contributed by atoms with Crippen molar-refractivity contribution in [1.29, 1.82) is 0 Å². The van der Waals surface area contributed by atoms with E-state index in [1.807, 2.05) is 0 Å². The van der Waals surface area contributed by atoms with Gasteiger partial charge in [-0.15, -0.1) is 0 Å². The molecule has 0 heterocycles. The van der Waals surface area contributed by atoms with E-state index in [2.05, 4.69) is 12.6 Å². The smallest absolute Gasteiger partial charge is 0.321 e. The van der Waals surface area contributed by atoms with Crippen LogP contribution in [0.4, 0.5) is 0 Å². The summed E-state index contributed by atoms with van der Waals surface area (Å²) in [5.74, 6) is -1.17. The summed E-state index contributed by atoms with van der Waals surface area (Å²) in [6, 6.07) is -1.12. The van der Waals surface area contributed by atoms with Gasteiger partial charge in [-0.1, -0.05) is 0 Å². The van der Waals surface area contributed by atoms with Crippen LogP contribution < -0.4 is 5.73 Å².